The van der Waals surface area contributed by atoms with Crippen LogP contribution in [0.3, 0.4) is 0 Å². The summed E-state index contributed by atoms with van der Waals surface area (Å²) in [5, 5.41) is 2.93. The van der Waals surface area contributed by atoms with Crippen molar-refractivity contribution in [1.29, 1.82) is 0 Å². The van der Waals surface area contributed by atoms with Gasteiger partial charge in [-0.15, -0.1) is 0 Å². The van der Waals surface area contributed by atoms with E-state index < -0.39 is 0 Å². The van der Waals surface area contributed by atoms with Crippen molar-refractivity contribution >= 4 is 5.91 Å². The van der Waals surface area contributed by atoms with Crippen LogP contribution < -0.4 is 11.1 Å². The minimum Gasteiger partial charge on any atom is -0.356 e. The molecule has 0 aliphatic heterocycles. The van der Waals surface area contributed by atoms with Gasteiger partial charge in [0, 0.05) is 13.0 Å². The first-order valence-corrected chi connectivity index (χ1v) is 6.06. The minimum absolute atomic E-state index is 0.152. The molecule has 3 nitrogen and oxygen atoms in total. The van der Waals surface area contributed by atoms with E-state index in [-0.39, 0.29) is 5.91 Å². The Balaban J connectivity index is 3.70. The molecule has 1 atom stereocenters. The largest absolute Gasteiger partial charge is 0.356 e. The average Bonchev–Trinajstić information content (AvgIpc) is 2.16. The standard InChI is InChI=1S/C12H26N2O/c1-4-5-6-14-12(15)8-11(9-13)7-10(2)3/h10-11H,4-9,13H2,1-3H3,(H,14,15)/t11-/m0/s1. The molecule has 0 bridgehead atoms. The summed E-state index contributed by atoms with van der Waals surface area (Å²) in [6.07, 6.45) is 3.80. The van der Waals surface area contributed by atoms with E-state index in [4.69, 9.17) is 5.73 Å². The van der Waals surface area contributed by atoms with E-state index in [1.807, 2.05) is 0 Å². The maximum absolute atomic E-state index is 11.5. The van der Waals surface area contributed by atoms with Crippen LogP contribution in [0.5, 0.6) is 0 Å². The molecule has 0 heterocycles. The van der Waals surface area contributed by atoms with Crippen molar-refractivity contribution in [2.75, 3.05) is 13.1 Å². The van der Waals surface area contributed by atoms with Gasteiger partial charge in [0.2, 0.25) is 5.91 Å². The van der Waals surface area contributed by atoms with Gasteiger partial charge in [-0.1, -0.05) is 27.2 Å². The molecule has 90 valence electrons. The summed E-state index contributed by atoms with van der Waals surface area (Å²) in [5.74, 6) is 1.10. The van der Waals surface area contributed by atoms with Crippen LogP contribution in [0, 0.1) is 11.8 Å². The quantitative estimate of drug-likeness (QED) is 0.606. The van der Waals surface area contributed by atoms with Crippen molar-refractivity contribution in [2.24, 2.45) is 17.6 Å². The van der Waals surface area contributed by atoms with Gasteiger partial charge in [-0.3, -0.25) is 4.79 Å². The lowest BCUT2D eigenvalue weighted by molar-refractivity contribution is -0.122. The molecule has 0 saturated carbocycles. The van der Waals surface area contributed by atoms with Gasteiger partial charge in [-0.05, 0) is 31.2 Å². The number of hydrogen-bond donors (Lipinski definition) is 2. The predicted molar refractivity (Wildman–Crippen MR) is 64.5 cm³/mol. The van der Waals surface area contributed by atoms with E-state index in [1.165, 1.54) is 0 Å². The molecule has 0 aromatic rings. The first-order chi connectivity index (χ1) is 7.10. The number of amides is 1. The third kappa shape index (κ3) is 8.43. The van der Waals surface area contributed by atoms with Crippen LogP contribution in [0.4, 0.5) is 0 Å². The molecule has 0 aliphatic carbocycles. The Morgan fingerprint density at radius 3 is 2.53 bits per heavy atom. The van der Waals surface area contributed by atoms with Crippen molar-refractivity contribution in [3.8, 4) is 0 Å². The summed E-state index contributed by atoms with van der Waals surface area (Å²) in [7, 11) is 0. The van der Waals surface area contributed by atoms with E-state index in [2.05, 4.69) is 26.1 Å². The zero-order valence-electron chi connectivity index (χ0n) is 10.4. The molecule has 0 spiro atoms. The van der Waals surface area contributed by atoms with Gasteiger partial charge >= 0.3 is 0 Å². The summed E-state index contributed by atoms with van der Waals surface area (Å²) in [6.45, 7) is 7.86. The molecule has 0 aromatic carbocycles. The van der Waals surface area contributed by atoms with Crippen LogP contribution in [0.2, 0.25) is 0 Å². The highest BCUT2D eigenvalue weighted by Crippen LogP contribution is 2.13. The van der Waals surface area contributed by atoms with Gasteiger partial charge in [-0.25, -0.2) is 0 Å². The fraction of sp³-hybridized carbons (Fsp3) is 0.917. The molecular formula is C12H26N2O. The van der Waals surface area contributed by atoms with E-state index >= 15 is 0 Å². The van der Waals surface area contributed by atoms with Crippen molar-refractivity contribution in [3.05, 3.63) is 0 Å². The van der Waals surface area contributed by atoms with E-state index in [9.17, 15) is 4.79 Å². The second-order valence-electron chi connectivity index (χ2n) is 4.64. The van der Waals surface area contributed by atoms with Gasteiger partial charge in [0.15, 0.2) is 0 Å². The SMILES string of the molecule is CCCCNC(=O)C[C@@H](CN)CC(C)C. The van der Waals surface area contributed by atoms with Crippen LogP contribution in [-0.2, 0) is 4.79 Å². The smallest absolute Gasteiger partial charge is 0.220 e. The minimum atomic E-state index is 0.152. The number of nitrogens with one attached hydrogen (secondary N) is 1. The fourth-order valence-corrected chi connectivity index (χ4v) is 1.67. The summed E-state index contributed by atoms with van der Waals surface area (Å²) < 4.78 is 0. The maximum Gasteiger partial charge on any atom is 0.220 e. The second-order valence-corrected chi connectivity index (χ2v) is 4.64. The molecule has 3 heteroatoms. The molecule has 0 rings (SSSR count). The number of nitrogens with two attached hydrogens (primary N) is 1. The van der Waals surface area contributed by atoms with Crippen molar-refractivity contribution in [1.82, 2.24) is 5.32 Å². The van der Waals surface area contributed by atoms with Crippen LogP contribution in [0.25, 0.3) is 0 Å². The van der Waals surface area contributed by atoms with Crippen molar-refractivity contribution < 1.29 is 4.79 Å². The molecule has 0 fully saturated rings. The van der Waals surface area contributed by atoms with Crippen molar-refractivity contribution in [2.45, 2.75) is 46.5 Å². The average molecular weight is 214 g/mol. The highest BCUT2D eigenvalue weighted by atomic mass is 16.1. The van der Waals surface area contributed by atoms with Gasteiger partial charge < -0.3 is 11.1 Å². The lowest BCUT2D eigenvalue weighted by Crippen LogP contribution is -2.29. The van der Waals surface area contributed by atoms with E-state index in [0.717, 1.165) is 25.8 Å². The lowest BCUT2D eigenvalue weighted by atomic mass is 9.94. The number of carbonyl (C=O) groups is 1. The van der Waals surface area contributed by atoms with E-state index in [0.29, 0.717) is 24.8 Å². The molecule has 0 radical (unpaired) electrons. The number of rotatable bonds is 8. The zero-order valence-corrected chi connectivity index (χ0v) is 10.4. The predicted octanol–water partition coefficient (Wildman–Crippen LogP) is 1.91. The van der Waals surface area contributed by atoms with Gasteiger partial charge in [0.05, 0.1) is 0 Å². The molecule has 1 amide bonds. The van der Waals surface area contributed by atoms with Gasteiger partial charge in [0.25, 0.3) is 0 Å². The van der Waals surface area contributed by atoms with Crippen molar-refractivity contribution in [3.63, 3.8) is 0 Å². The monoisotopic (exact) mass is 214 g/mol. The van der Waals surface area contributed by atoms with Crippen LogP contribution in [0.1, 0.15) is 46.5 Å². The fourth-order valence-electron chi connectivity index (χ4n) is 1.67. The Labute approximate surface area is 93.8 Å². The highest BCUT2D eigenvalue weighted by Gasteiger charge is 2.13. The van der Waals surface area contributed by atoms with Gasteiger partial charge in [0.1, 0.15) is 0 Å². The lowest BCUT2D eigenvalue weighted by Gasteiger charge is -2.16. The summed E-state index contributed by atoms with van der Waals surface area (Å²) in [6, 6.07) is 0. The normalized spacial score (nSPS) is 12.9. The Kier molecular flexibility index (Phi) is 8.38. The highest BCUT2D eigenvalue weighted by molar-refractivity contribution is 5.76. The number of unbranched alkanes of at least 4 members (excludes halogenated alkanes) is 1. The van der Waals surface area contributed by atoms with Crippen LogP contribution >= 0.6 is 0 Å². The molecular weight excluding hydrogens is 188 g/mol. The molecule has 0 saturated heterocycles. The zero-order chi connectivity index (χ0) is 11.7. The third-order valence-electron chi connectivity index (χ3n) is 2.46. The second kappa shape index (κ2) is 8.72. The molecule has 15 heavy (non-hydrogen) atoms. The molecule has 3 N–H and O–H groups in total. The molecule has 0 aromatic heterocycles. The third-order valence-corrected chi connectivity index (χ3v) is 2.46. The molecule has 0 aliphatic rings. The van der Waals surface area contributed by atoms with E-state index in [1.54, 1.807) is 0 Å². The summed E-state index contributed by atoms with van der Waals surface area (Å²) in [4.78, 5) is 11.5. The number of hydrogen-bond acceptors (Lipinski definition) is 2. The van der Waals surface area contributed by atoms with Gasteiger partial charge in [-0.2, -0.15) is 0 Å². The Morgan fingerprint density at radius 2 is 2.07 bits per heavy atom. The van der Waals surface area contributed by atoms with Crippen LogP contribution in [0.15, 0.2) is 0 Å². The topological polar surface area (TPSA) is 55.1 Å². The maximum atomic E-state index is 11.5. The van der Waals surface area contributed by atoms with Crippen LogP contribution in [-0.4, -0.2) is 19.0 Å². The Hall–Kier alpha value is -0.570. The summed E-state index contributed by atoms with van der Waals surface area (Å²) in [5.41, 5.74) is 5.64. The Bertz CT molecular complexity index is 169. The first kappa shape index (κ1) is 14.4. The molecule has 0 unspecified atom stereocenters. The number of carbonyl (C=O) groups excluding carboxylic acids is 1. The Morgan fingerprint density at radius 1 is 1.40 bits per heavy atom. The first-order valence-electron chi connectivity index (χ1n) is 6.06. The summed E-state index contributed by atoms with van der Waals surface area (Å²) >= 11 is 0.